The molecular formula is C16H12F2N4O2. The molecular weight excluding hydrogens is 318 g/mol. The lowest BCUT2D eigenvalue weighted by atomic mass is 10.2. The Kier molecular flexibility index (Phi) is 4.03. The second-order valence-corrected chi connectivity index (χ2v) is 5.09. The first-order valence-corrected chi connectivity index (χ1v) is 7.01. The van der Waals surface area contributed by atoms with Crippen LogP contribution < -0.4 is 10.9 Å². The highest BCUT2D eigenvalue weighted by Gasteiger charge is 2.17. The summed E-state index contributed by atoms with van der Waals surface area (Å²) in [6.07, 6.45) is 1.51. The van der Waals surface area contributed by atoms with E-state index in [2.05, 4.69) is 15.3 Å². The number of nitrogens with zero attached hydrogens (tertiary/aromatic N) is 3. The summed E-state index contributed by atoms with van der Waals surface area (Å²) in [5.74, 6) is -2.04. The number of pyridine rings is 1. The highest BCUT2D eigenvalue weighted by Crippen LogP contribution is 2.10. The largest absolute Gasteiger partial charge is 0.346 e. The van der Waals surface area contributed by atoms with Gasteiger partial charge in [-0.3, -0.25) is 14.2 Å². The third kappa shape index (κ3) is 2.85. The maximum atomic E-state index is 13.6. The molecule has 3 aromatic rings. The van der Waals surface area contributed by atoms with E-state index in [1.165, 1.54) is 17.8 Å². The van der Waals surface area contributed by atoms with E-state index in [4.69, 9.17) is 0 Å². The molecule has 2 heterocycles. The van der Waals surface area contributed by atoms with Crippen LogP contribution in [0.15, 0.2) is 41.3 Å². The normalized spacial score (nSPS) is 10.8. The molecule has 2 aromatic heterocycles. The molecule has 0 aliphatic carbocycles. The van der Waals surface area contributed by atoms with Gasteiger partial charge in [-0.15, -0.1) is 0 Å². The summed E-state index contributed by atoms with van der Waals surface area (Å²) in [6, 6.07) is 6.17. The van der Waals surface area contributed by atoms with Crippen LogP contribution in [0.3, 0.4) is 0 Å². The van der Waals surface area contributed by atoms with Gasteiger partial charge in [0.15, 0.2) is 11.3 Å². The summed E-state index contributed by atoms with van der Waals surface area (Å²) in [6.45, 7) is -0.266. The van der Waals surface area contributed by atoms with Crippen molar-refractivity contribution >= 4 is 17.1 Å². The Labute approximate surface area is 134 Å². The maximum Gasteiger partial charge on any atom is 0.283 e. The van der Waals surface area contributed by atoms with E-state index in [0.717, 1.165) is 18.2 Å². The van der Waals surface area contributed by atoms with Crippen LogP contribution in [0.5, 0.6) is 0 Å². The molecule has 1 amide bonds. The molecule has 1 aromatic carbocycles. The van der Waals surface area contributed by atoms with Crippen molar-refractivity contribution in [3.63, 3.8) is 0 Å². The van der Waals surface area contributed by atoms with Gasteiger partial charge in [-0.2, -0.15) is 0 Å². The monoisotopic (exact) mass is 330 g/mol. The van der Waals surface area contributed by atoms with Gasteiger partial charge in [-0.05, 0) is 30.3 Å². The second-order valence-electron chi connectivity index (χ2n) is 5.09. The van der Waals surface area contributed by atoms with Crippen LogP contribution in [0.4, 0.5) is 8.78 Å². The number of nitrogens with one attached hydrogen (secondary N) is 1. The Morgan fingerprint density at radius 2 is 2.08 bits per heavy atom. The van der Waals surface area contributed by atoms with Gasteiger partial charge in [0.1, 0.15) is 17.2 Å². The molecule has 122 valence electrons. The number of aryl methyl sites for hydroxylation is 1. The first kappa shape index (κ1) is 15.7. The Morgan fingerprint density at radius 3 is 2.88 bits per heavy atom. The van der Waals surface area contributed by atoms with E-state index >= 15 is 0 Å². The predicted molar refractivity (Wildman–Crippen MR) is 82.3 cm³/mol. The van der Waals surface area contributed by atoms with Crippen molar-refractivity contribution in [2.75, 3.05) is 0 Å². The van der Waals surface area contributed by atoms with E-state index in [0.29, 0.717) is 11.2 Å². The molecule has 3 rings (SSSR count). The zero-order valence-corrected chi connectivity index (χ0v) is 12.6. The molecule has 0 aliphatic heterocycles. The van der Waals surface area contributed by atoms with Crippen molar-refractivity contribution in [3.05, 3.63) is 69.8 Å². The number of benzene rings is 1. The van der Waals surface area contributed by atoms with Crippen LogP contribution in [0.2, 0.25) is 0 Å². The Balaban J connectivity index is 1.90. The van der Waals surface area contributed by atoms with Gasteiger partial charge in [0.2, 0.25) is 0 Å². The Bertz CT molecular complexity index is 1000. The van der Waals surface area contributed by atoms with E-state index < -0.39 is 23.1 Å². The third-order valence-electron chi connectivity index (χ3n) is 3.49. The SMILES string of the molecule is Cn1c(=O)c(C(=O)NCc2cc(F)ccc2F)nc2cccnc21. The summed E-state index contributed by atoms with van der Waals surface area (Å²) in [4.78, 5) is 32.5. The number of rotatable bonds is 3. The van der Waals surface area contributed by atoms with Gasteiger partial charge in [-0.25, -0.2) is 18.7 Å². The minimum Gasteiger partial charge on any atom is -0.346 e. The predicted octanol–water partition coefficient (Wildman–Crippen LogP) is 1.54. The smallest absolute Gasteiger partial charge is 0.283 e. The molecule has 0 spiro atoms. The average molecular weight is 330 g/mol. The molecule has 1 N–H and O–H groups in total. The van der Waals surface area contributed by atoms with E-state index in [9.17, 15) is 18.4 Å². The van der Waals surface area contributed by atoms with Crippen LogP contribution in [-0.4, -0.2) is 20.4 Å². The number of aromatic nitrogens is 3. The second kappa shape index (κ2) is 6.15. The fraction of sp³-hybridized carbons (Fsp3) is 0.125. The third-order valence-corrected chi connectivity index (χ3v) is 3.49. The van der Waals surface area contributed by atoms with Crippen molar-refractivity contribution in [1.82, 2.24) is 19.9 Å². The number of hydrogen-bond donors (Lipinski definition) is 1. The number of amides is 1. The topological polar surface area (TPSA) is 76.9 Å². The minimum absolute atomic E-state index is 0.0253. The summed E-state index contributed by atoms with van der Waals surface area (Å²) in [5, 5.41) is 2.37. The van der Waals surface area contributed by atoms with E-state index in [1.54, 1.807) is 12.1 Å². The van der Waals surface area contributed by atoms with Gasteiger partial charge in [0, 0.05) is 25.4 Å². The van der Waals surface area contributed by atoms with Crippen molar-refractivity contribution in [1.29, 1.82) is 0 Å². The summed E-state index contributed by atoms with van der Waals surface area (Å²) < 4.78 is 27.9. The molecule has 0 bridgehead atoms. The van der Waals surface area contributed by atoms with Gasteiger partial charge in [0.05, 0.1) is 0 Å². The van der Waals surface area contributed by atoms with Crippen molar-refractivity contribution < 1.29 is 13.6 Å². The van der Waals surface area contributed by atoms with Crippen molar-refractivity contribution in [2.45, 2.75) is 6.54 Å². The van der Waals surface area contributed by atoms with Crippen molar-refractivity contribution in [3.8, 4) is 0 Å². The highest BCUT2D eigenvalue weighted by molar-refractivity contribution is 5.93. The Hall–Kier alpha value is -3.16. The molecule has 0 atom stereocenters. The van der Waals surface area contributed by atoms with Crippen LogP contribution in [-0.2, 0) is 13.6 Å². The first-order chi connectivity index (χ1) is 11.5. The molecule has 6 nitrogen and oxygen atoms in total. The molecule has 24 heavy (non-hydrogen) atoms. The standard InChI is InChI=1S/C16H12F2N4O2/c1-22-14-12(3-2-6-19-14)21-13(16(22)24)15(23)20-8-9-7-10(17)4-5-11(9)18/h2-7H,8H2,1H3,(H,20,23). The number of fused-ring (bicyclic) bond motifs is 1. The van der Waals surface area contributed by atoms with Gasteiger partial charge in [-0.1, -0.05) is 0 Å². The minimum atomic E-state index is -0.773. The molecule has 0 radical (unpaired) electrons. The molecule has 0 unspecified atom stereocenters. The highest BCUT2D eigenvalue weighted by atomic mass is 19.1. The average Bonchev–Trinajstić information content (AvgIpc) is 2.58. The molecule has 0 fully saturated rings. The zero-order chi connectivity index (χ0) is 17.3. The van der Waals surface area contributed by atoms with E-state index in [1.807, 2.05) is 0 Å². The zero-order valence-electron chi connectivity index (χ0n) is 12.6. The van der Waals surface area contributed by atoms with Crippen LogP contribution >= 0.6 is 0 Å². The van der Waals surface area contributed by atoms with E-state index in [-0.39, 0.29) is 17.8 Å². The first-order valence-electron chi connectivity index (χ1n) is 7.01. The quantitative estimate of drug-likeness (QED) is 0.790. The lowest BCUT2D eigenvalue weighted by Crippen LogP contribution is -2.34. The molecule has 0 saturated heterocycles. The van der Waals surface area contributed by atoms with Gasteiger partial charge >= 0.3 is 0 Å². The van der Waals surface area contributed by atoms with Crippen LogP contribution in [0.1, 0.15) is 16.1 Å². The lowest BCUT2D eigenvalue weighted by molar-refractivity contribution is 0.0943. The molecule has 0 saturated carbocycles. The molecule has 0 aliphatic rings. The fourth-order valence-corrected chi connectivity index (χ4v) is 2.24. The summed E-state index contributed by atoms with van der Waals surface area (Å²) in [7, 11) is 1.47. The van der Waals surface area contributed by atoms with Gasteiger partial charge in [0.25, 0.3) is 11.5 Å². The van der Waals surface area contributed by atoms with Crippen LogP contribution in [0.25, 0.3) is 11.2 Å². The Morgan fingerprint density at radius 1 is 1.29 bits per heavy atom. The maximum absolute atomic E-state index is 13.6. The summed E-state index contributed by atoms with van der Waals surface area (Å²) >= 11 is 0. The van der Waals surface area contributed by atoms with Gasteiger partial charge < -0.3 is 5.32 Å². The number of hydrogen-bond acceptors (Lipinski definition) is 4. The lowest BCUT2D eigenvalue weighted by Gasteiger charge is -2.08. The number of halogens is 2. The van der Waals surface area contributed by atoms with Crippen molar-refractivity contribution in [2.24, 2.45) is 7.05 Å². The number of carbonyl (C=O) groups is 1. The fourth-order valence-electron chi connectivity index (χ4n) is 2.24. The molecule has 8 heteroatoms. The van der Waals surface area contributed by atoms with Crippen LogP contribution in [0, 0.1) is 11.6 Å². The summed E-state index contributed by atoms with van der Waals surface area (Å²) in [5.41, 5.74) is -0.271. The number of carbonyl (C=O) groups excluding carboxylic acids is 1.